The highest BCUT2D eigenvalue weighted by Gasteiger charge is 2.55. The van der Waals surface area contributed by atoms with Gasteiger partial charge in [-0.25, -0.2) is 0 Å². The van der Waals surface area contributed by atoms with Gasteiger partial charge in [0, 0.05) is 24.6 Å². The van der Waals surface area contributed by atoms with Crippen LogP contribution in [0.15, 0.2) is 0 Å². The summed E-state index contributed by atoms with van der Waals surface area (Å²) >= 11 is 0. The molecule has 1 spiro atoms. The van der Waals surface area contributed by atoms with Crippen molar-refractivity contribution in [3.05, 3.63) is 0 Å². The van der Waals surface area contributed by atoms with Crippen molar-refractivity contribution >= 4 is 0 Å². The largest absolute Gasteiger partial charge is 0.389 e. The second-order valence-corrected chi connectivity index (χ2v) is 7.69. The van der Waals surface area contributed by atoms with Gasteiger partial charge in [-0.3, -0.25) is 0 Å². The van der Waals surface area contributed by atoms with Crippen molar-refractivity contribution in [2.24, 2.45) is 5.41 Å². The molecule has 2 unspecified atom stereocenters. The van der Waals surface area contributed by atoms with E-state index in [1.165, 1.54) is 51.4 Å². The van der Waals surface area contributed by atoms with Crippen LogP contribution in [0.2, 0.25) is 0 Å². The maximum absolute atomic E-state index is 10.7. The van der Waals surface area contributed by atoms with Gasteiger partial charge in [-0.1, -0.05) is 38.5 Å². The van der Waals surface area contributed by atoms with Crippen LogP contribution in [0.4, 0.5) is 0 Å². The molecule has 0 aromatic heterocycles. The van der Waals surface area contributed by atoms with E-state index >= 15 is 0 Å². The predicted molar refractivity (Wildman–Crippen MR) is 85.4 cm³/mol. The Labute approximate surface area is 129 Å². The summed E-state index contributed by atoms with van der Waals surface area (Å²) in [7, 11) is 0. The first-order valence-electron chi connectivity index (χ1n) is 9.26. The van der Waals surface area contributed by atoms with Gasteiger partial charge in [0.1, 0.15) is 0 Å². The second-order valence-electron chi connectivity index (χ2n) is 7.69. The average molecular weight is 295 g/mol. The zero-order valence-electron chi connectivity index (χ0n) is 13.7. The van der Waals surface area contributed by atoms with Crippen molar-refractivity contribution in [3.63, 3.8) is 0 Å². The van der Waals surface area contributed by atoms with E-state index in [1.54, 1.807) is 0 Å². The molecule has 0 amide bonds. The minimum absolute atomic E-state index is 0.374. The SMILES string of the molecule is CCOC1CC(NCC2(O)CCCCC2)C12CCCCC2. The third-order valence-electron chi connectivity index (χ3n) is 6.40. The molecule has 0 bridgehead atoms. The van der Waals surface area contributed by atoms with Crippen LogP contribution in [0.1, 0.15) is 77.6 Å². The number of hydrogen-bond acceptors (Lipinski definition) is 3. The molecule has 3 aliphatic rings. The van der Waals surface area contributed by atoms with Crippen molar-refractivity contribution in [1.82, 2.24) is 5.32 Å². The smallest absolute Gasteiger partial charge is 0.0771 e. The van der Waals surface area contributed by atoms with Crippen molar-refractivity contribution in [2.75, 3.05) is 13.2 Å². The van der Waals surface area contributed by atoms with Gasteiger partial charge >= 0.3 is 0 Å². The molecular formula is C18H33NO2. The Balaban J connectivity index is 1.57. The molecule has 3 aliphatic carbocycles. The van der Waals surface area contributed by atoms with E-state index in [-0.39, 0.29) is 0 Å². The first-order valence-corrected chi connectivity index (χ1v) is 9.26. The van der Waals surface area contributed by atoms with Crippen LogP contribution >= 0.6 is 0 Å². The van der Waals surface area contributed by atoms with E-state index in [2.05, 4.69) is 12.2 Å². The molecular weight excluding hydrogens is 262 g/mol. The van der Waals surface area contributed by atoms with Crippen molar-refractivity contribution in [1.29, 1.82) is 0 Å². The Morgan fingerprint density at radius 2 is 1.62 bits per heavy atom. The normalized spacial score (nSPS) is 34.6. The molecule has 122 valence electrons. The minimum Gasteiger partial charge on any atom is -0.389 e. The van der Waals surface area contributed by atoms with E-state index in [9.17, 15) is 5.11 Å². The van der Waals surface area contributed by atoms with Gasteiger partial charge in [-0.05, 0) is 39.0 Å². The van der Waals surface area contributed by atoms with Gasteiger partial charge in [0.15, 0.2) is 0 Å². The molecule has 0 radical (unpaired) electrons. The molecule has 3 rings (SSSR count). The van der Waals surface area contributed by atoms with Gasteiger partial charge in [0.05, 0.1) is 11.7 Å². The molecule has 3 nitrogen and oxygen atoms in total. The summed E-state index contributed by atoms with van der Waals surface area (Å²) in [5.41, 5.74) is -0.0654. The zero-order chi connectivity index (χ0) is 14.8. The number of hydrogen-bond donors (Lipinski definition) is 2. The first kappa shape index (κ1) is 15.8. The van der Waals surface area contributed by atoms with Gasteiger partial charge in [-0.15, -0.1) is 0 Å². The average Bonchev–Trinajstić information content (AvgIpc) is 2.51. The summed E-state index contributed by atoms with van der Waals surface area (Å²) in [5, 5.41) is 14.5. The Morgan fingerprint density at radius 3 is 2.24 bits per heavy atom. The van der Waals surface area contributed by atoms with Crippen LogP contribution in [-0.2, 0) is 4.74 Å². The zero-order valence-corrected chi connectivity index (χ0v) is 13.7. The van der Waals surface area contributed by atoms with Gasteiger partial charge in [-0.2, -0.15) is 0 Å². The maximum Gasteiger partial charge on any atom is 0.0771 e. The highest BCUT2D eigenvalue weighted by molar-refractivity contribution is 5.09. The first-order chi connectivity index (χ1) is 10.2. The Hall–Kier alpha value is -0.120. The van der Waals surface area contributed by atoms with Crippen molar-refractivity contribution in [3.8, 4) is 0 Å². The molecule has 3 heteroatoms. The standard InChI is InChI=1S/C18H33NO2/c1-2-21-16-13-15(18(16)11-7-4-8-12-18)19-14-17(20)9-5-3-6-10-17/h15-16,19-20H,2-14H2,1H3. The lowest BCUT2D eigenvalue weighted by Gasteiger charge is -2.58. The van der Waals surface area contributed by atoms with Crippen LogP contribution < -0.4 is 5.32 Å². The molecule has 0 aromatic carbocycles. The number of aliphatic hydroxyl groups is 1. The van der Waals surface area contributed by atoms with Gasteiger partial charge in [0.25, 0.3) is 0 Å². The topological polar surface area (TPSA) is 41.5 Å². The summed E-state index contributed by atoms with van der Waals surface area (Å²) in [6, 6.07) is 0.570. The molecule has 3 saturated carbocycles. The highest BCUT2D eigenvalue weighted by Crippen LogP contribution is 2.53. The molecule has 0 aromatic rings. The Morgan fingerprint density at radius 1 is 1.00 bits per heavy atom. The molecule has 2 atom stereocenters. The highest BCUT2D eigenvalue weighted by atomic mass is 16.5. The fourth-order valence-electron chi connectivity index (χ4n) is 5.05. The lowest BCUT2D eigenvalue weighted by molar-refractivity contribution is -0.153. The van der Waals surface area contributed by atoms with Crippen LogP contribution in [0, 0.1) is 5.41 Å². The van der Waals surface area contributed by atoms with E-state index in [0.717, 1.165) is 32.4 Å². The monoisotopic (exact) mass is 295 g/mol. The molecule has 0 saturated heterocycles. The molecule has 2 N–H and O–H groups in total. The van der Waals surface area contributed by atoms with Crippen LogP contribution in [-0.4, -0.2) is 36.0 Å². The number of rotatable bonds is 5. The third kappa shape index (κ3) is 3.16. The second kappa shape index (κ2) is 6.55. The summed E-state index contributed by atoms with van der Waals surface area (Å²) in [6.07, 6.45) is 14.0. The van der Waals surface area contributed by atoms with Gasteiger partial charge in [0.2, 0.25) is 0 Å². The molecule has 0 aliphatic heterocycles. The predicted octanol–water partition coefficient (Wildman–Crippen LogP) is 3.40. The van der Waals surface area contributed by atoms with Crippen molar-refractivity contribution < 1.29 is 9.84 Å². The summed E-state index contributed by atoms with van der Waals surface area (Å²) < 4.78 is 6.02. The lowest BCUT2D eigenvalue weighted by Crippen LogP contribution is -2.66. The van der Waals surface area contributed by atoms with E-state index in [1.807, 2.05) is 0 Å². The number of ether oxygens (including phenoxy) is 1. The summed E-state index contributed by atoms with van der Waals surface area (Å²) in [4.78, 5) is 0. The van der Waals surface area contributed by atoms with Crippen LogP contribution in [0.5, 0.6) is 0 Å². The molecule has 21 heavy (non-hydrogen) atoms. The molecule has 3 fully saturated rings. The third-order valence-corrected chi connectivity index (χ3v) is 6.40. The summed E-state index contributed by atoms with van der Waals surface area (Å²) in [6.45, 7) is 3.74. The fourth-order valence-corrected chi connectivity index (χ4v) is 5.05. The Kier molecular flexibility index (Phi) is 4.92. The van der Waals surface area contributed by atoms with Crippen LogP contribution in [0.25, 0.3) is 0 Å². The van der Waals surface area contributed by atoms with Crippen LogP contribution in [0.3, 0.4) is 0 Å². The lowest BCUT2D eigenvalue weighted by atomic mass is 9.55. The minimum atomic E-state index is -0.440. The maximum atomic E-state index is 10.7. The fraction of sp³-hybridized carbons (Fsp3) is 1.00. The van der Waals surface area contributed by atoms with E-state index in [0.29, 0.717) is 17.6 Å². The van der Waals surface area contributed by atoms with E-state index < -0.39 is 5.60 Å². The summed E-state index contributed by atoms with van der Waals surface area (Å²) in [5.74, 6) is 0. The quantitative estimate of drug-likeness (QED) is 0.817. The Bertz CT molecular complexity index is 332. The number of nitrogens with one attached hydrogen (secondary N) is 1. The van der Waals surface area contributed by atoms with Gasteiger partial charge < -0.3 is 15.2 Å². The van der Waals surface area contributed by atoms with E-state index in [4.69, 9.17) is 4.74 Å². The molecule has 0 heterocycles. The van der Waals surface area contributed by atoms with Crippen molar-refractivity contribution in [2.45, 2.75) is 95.3 Å².